The summed E-state index contributed by atoms with van der Waals surface area (Å²) in [5.41, 5.74) is 2.42. The summed E-state index contributed by atoms with van der Waals surface area (Å²) in [6.45, 7) is 4.25. The Labute approximate surface area is 242 Å². The second-order valence-corrected chi connectivity index (χ2v) is 11.4. The number of hydrogen-bond acceptors (Lipinski definition) is 6. The van der Waals surface area contributed by atoms with Crippen LogP contribution in [0.1, 0.15) is 56.6 Å². The first-order valence-electron chi connectivity index (χ1n) is 13.9. The molecule has 0 atom stereocenters. The van der Waals surface area contributed by atoms with Gasteiger partial charge in [-0.2, -0.15) is 4.99 Å². The summed E-state index contributed by atoms with van der Waals surface area (Å²) >= 11 is 0. The quantitative estimate of drug-likeness (QED) is 0.374. The van der Waals surface area contributed by atoms with Crippen molar-refractivity contribution in [2.45, 2.75) is 58.4 Å². The van der Waals surface area contributed by atoms with Crippen molar-refractivity contribution in [3.8, 4) is 5.75 Å². The number of alkyl halides is 3. The number of carboxylic acid groups (broad SMARTS) is 1. The molecular weight excluding hydrogens is 549 g/mol. The lowest BCUT2D eigenvalue weighted by Crippen LogP contribution is -2.41. The number of halogens is 3. The van der Waals surface area contributed by atoms with Crippen molar-refractivity contribution in [3.05, 3.63) is 83.8 Å². The molecule has 42 heavy (non-hydrogen) atoms. The van der Waals surface area contributed by atoms with E-state index in [1.54, 1.807) is 6.20 Å². The van der Waals surface area contributed by atoms with Crippen LogP contribution in [0.2, 0.25) is 0 Å². The van der Waals surface area contributed by atoms with Gasteiger partial charge in [-0.05, 0) is 86.8 Å². The van der Waals surface area contributed by atoms with Gasteiger partial charge >= 0.3 is 12.3 Å². The minimum absolute atomic E-state index is 0.126. The van der Waals surface area contributed by atoms with E-state index in [0.29, 0.717) is 24.0 Å². The average Bonchev–Trinajstić information content (AvgIpc) is 3.40. The molecular formula is C31H33F3N4O4+. The van der Waals surface area contributed by atoms with Gasteiger partial charge in [0.05, 0.1) is 5.41 Å². The molecule has 221 valence electrons. The Morgan fingerprint density at radius 3 is 2.33 bits per heavy atom. The van der Waals surface area contributed by atoms with Crippen LogP contribution in [0.15, 0.2) is 77.7 Å². The maximum atomic E-state index is 12.7. The summed E-state index contributed by atoms with van der Waals surface area (Å²) in [6, 6.07) is 13.7. The second-order valence-electron chi connectivity index (χ2n) is 11.4. The standard InChI is InChI=1S/C31H33F3N4O4/c1-30(2,29(40)41)23-9-5-21(6-10-23)22-7-11-24(12-8-22)37-16-15-27-36-26(18-38(27)19-37)28(39)35-17-20-3-13-25(14-4-20)42-31(32,33)34/h3-4,7-8,11-16,18,21,23H,5-6,9-10,17,19H2,1-2H3,(H,35,39)(H,40,41)/q+1. The van der Waals surface area contributed by atoms with Crippen molar-refractivity contribution in [1.29, 1.82) is 0 Å². The number of carbonyl (C=O) groups is 2. The van der Waals surface area contributed by atoms with Crippen molar-refractivity contribution >= 4 is 23.4 Å². The molecule has 5 rings (SSSR count). The number of aliphatic carboxylic acids is 1. The van der Waals surface area contributed by atoms with E-state index in [0.717, 1.165) is 31.4 Å². The normalized spacial score (nSPS) is 20.9. The topological polar surface area (TPSA) is 97.1 Å². The molecule has 0 bridgehead atoms. The van der Waals surface area contributed by atoms with Crippen LogP contribution in [0, 0.1) is 11.3 Å². The third-order valence-electron chi connectivity index (χ3n) is 8.35. The monoisotopic (exact) mass is 582 g/mol. The third-order valence-corrected chi connectivity index (χ3v) is 8.35. The number of hydrogen-bond donors (Lipinski definition) is 2. The Kier molecular flexibility index (Phi) is 8.14. The van der Waals surface area contributed by atoms with E-state index in [9.17, 15) is 27.9 Å². The number of nitrogens with zero attached hydrogens (tertiary/aromatic N) is 3. The summed E-state index contributed by atoms with van der Waals surface area (Å²) in [5, 5.41) is 12.3. The van der Waals surface area contributed by atoms with E-state index in [1.165, 1.54) is 29.8 Å². The Bertz CT molecular complexity index is 1410. The fourth-order valence-electron chi connectivity index (χ4n) is 5.66. The zero-order valence-corrected chi connectivity index (χ0v) is 23.4. The minimum Gasteiger partial charge on any atom is -0.481 e. The number of amidine groups is 1. The number of anilines is 1. The zero-order valence-electron chi connectivity index (χ0n) is 23.4. The molecule has 11 heteroatoms. The predicted molar refractivity (Wildman–Crippen MR) is 152 cm³/mol. The number of carbonyl (C=O) groups excluding carboxylic acids is 1. The molecule has 1 fully saturated rings. The Morgan fingerprint density at radius 2 is 1.71 bits per heavy atom. The van der Waals surface area contributed by atoms with Gasteiger partial charge in [0.15, 0.2) is 11.9 Å². The smallest absolute Gasteiger partial charge is 0.481 e. The van der Waals surface area contributed by atoms with Crippen molar-refractivity contribution in [2.24, 2.45) is 16.3 Å². The van der Waals surface area contributed by atoms with Gasteiger partial charge < -0.3 is 15.2 Å². The average molecular weight is 583 g/mol. The Balaban J connectivity index is 1.13. The minimum atomic E-state index is -4.76. The summed E-state index contributed by atoms with van der Waals surface area (Å²) in [4.78, 5) is 32.7. The molecule has 2 aliphatic heterocycles. The van der Waals surface area contributed by atoms with Crippen LogP contribution in [-0.4, -0.2) is 35.8 Å². The molecule has 1 amide bonds. The number of carboxylic acids is 1. The third kappa shape index (κ3) is 6.67. The highest BCUT2D eigenvalue weighted by atomic mass is 19.4. The van der Waals surface area contributed by atoms with Crippen LogP contribution in [0.25, 0.3) is 0 Å². The van der Waals surface area contributed by atoms with Gasteiger partial charge in [-0.25, -0.2) is 0 Å². The molecule has 8 nitrogen and oxygen atoms in total. The molecule has 3 aliphatic rings. The molecule has 2 aromatic rings. The molecule has 0 aromatic heterocycles. The maximum absolute atomic E-state index is 12.7. The van der Waals surface area contributed by atoms with Gasteiger partial charge in [0.2, 0.25) is 6.67 Å². The Morgan fingerprint density at radius 1 is 1.05 bits per heavy atom. The molecule has 2 aromatic carbocycles. The molecule has 0 saturated heterocycles. The zero-order chi connectivity index (χ0) is 30.1. The van der Waals surface area contributed by atoms with E-state index >= 15 is 0 Å². The summed E-state index contributed by atoms with van der Waals surface area (Å²) in [6.07, 6.45) is 4.43. The van der Waals surface area contributed by atoms with Crippen LogP contribution >= 0.6 is 0 Å². The first-order chi connectivity index (χ1) is 19.9. The van der Waals surface area contributed by atoms with Crippen LogP contribution in [-0.2, 0) is 16.1 Å². The largest absolute Gasteiger partial charge is 0.573 e. The molecule has 1 aliphatic carbocycles. The molecule has 2 N–H and O–H groups in total. The van der Waals surface area contributed by atoms with Crippen molar-refractivity contribution in [3.63, 3.8) is 0 Å². The number of ether oxygens (including phenoxy) is 1. The van der Waals surface area contributed by atoms with Crippen molar-refractivity contribution in [1.82, 2.24) is 10.2 Å². The van der Waals surface area contributed by atoms with Gasteiger partial charge in [-0.15, -0.1) is 13.2 Å². The highest BCUT2D eigenvalue weighted by molar-refractivity contribution is 6.06. The van der Waals surface area contributed by atoms with Gasteiger partial charge in [0.1, 0.15) is 5.75 Å². The number of amides is 1. The van der Waals surface area contributed by atoms with Gasteiger partial charge in [0, 0.05) is 24.5 Å². The SMILES string of the molecule is CC(C)(C(=O)O)C1CCC(c2ccc(N3C=CC4=NC(C(=O)NCc5ccc(OC(F)(F)F)cc5)=C[N+]4C3)cc2)CC1. The van der Waals surface area contributed by atoms with Crippen LogP contribution in [0.5, 0.6) is 5.75 Å². The highest BCUT2D eigenvalue weighted by Gasteiger charge is 2.39. The van der Waals surface area contributed by atoms with Gasteiger partial charge in [0.25, 0.3) is 11.7 Å². The molecule has 0 spiro atoms. The van der Waals surface area contributed by atoms with Crippen LogP contribution in [0.4, 0.5) is 18.9 Å². The number of rotatable bonds is 8. The lowest BCUT2D eigenvalue weighted by Gasteiger charge is -2.36. The number of benzene rings is 2. The summed E-state index contributed by atoms with van der Waals surface area (Å²) < 4.78 is 40.9. The lowest BCUT2D eigenvalue weighted by molar-refractivity contribution is -0.274. The number of aliphatic imine (C=N–C) groups is 1. The second kappa shape index (κ2) is 11.6. The summed E-state index contributed by atoms with van der Waals surface area (Å²) in [5.74, 6) is -0.195. The fourth-order valence-corrected chi connectivity index (χ4v) is 5.66. The van der Waals surface area contributed by atoms with Crippen molar-refractivity contribution in [2.75, 3.05) is 11.6 Å². The van der Waals surface area contributed by atoms with E-state index in [2.05, 4.69) is 44.2 Å². The van der Waals surface area contributed by atoms with E-state index < -0.39 is 23.7 Å². The van der Waals surface area contributed by atoms with Crippen LogP contribution < -0.4 is 19.9 Å². The Hall–Kier alpha value is -4.12. The molecule has 1 radical (unpaired) electrons. The number of fused-ring (bicyclic) bond motifs is 1. The van der Waals surface area contributed by atoms with Gasteiger partial charge in [-0.1, -0.05) is 29.2 Å². The summed E-state index contributed by atoms with van der Waals surface area (Å²) in [7, 11) is 0. The van der Waals surface area contributed by atoms with E-state index in [-0.39, 0.29) is 23.9 Å². The molecule has 0 unspecified atom stereocenters. The molecule has 1 saturated carbocycles. The predicted octanol–water partition coefficient (Wildman–Crippen LogP) is 5.97. The molecule has 2 heterocycles. The first-order valence-corrected chi connectivity index (χ1v) is 13.9. The van der Waals surface area contributed by atoms with E-state index in [1.807, 2.05) is 31.0 Å². The van der Waals surface area contributed by atoms with Crippen molar-refractivity contribution < 1.29 is 32.6 Å². The van der Waals surface area contributed by atoms with Crippen LogP contribution in [0.3, 0.4) is 0 Å². The maximum Gasteiger partial charge on any atom is 0.573 e. The fraction of sp³-hybridized carbons (Fsp3) is 0.387. The van der Waals surface area contributed by atoms with E-state index in [4.69, 9.17) is 0 Å². The number of nitrogens with one attached hydrogen (secondary N) is 1. The highest BCUT2D eigenvalue weighted by Crippen LogP contribution is 2.43. The first kappa shape index (κ1) is 29.4. The lowest BCUT2D eigenvalue weighted by atomic mass is 9.68. The van der Waals surface area contributed by atoms with Gasteiger partial charge in [-0.3, -0.25) is 14.5 Å².